The molecule has 6 heteroatoms. The predicted molar refractivity (Wildman–Crippen MR) is 109 cm³/mol. The largest absolute Gasteiger partial charge is 0.488 e. The number of aromatic carboxylic acids is 1. The zero-order valence-electron chi connectivity index (χ0n) is 15.8. The van der Waals surface area contributed by atoms with E-state index in [1.165, 1.54) is 6.07 Å². The Bertz CT molecular complexity index is 983. The van der Waals surface area contributed by atoms with Gasteiger partial charge in [-0.15, -0.1) is 0 Å². The summed E-state index contributed by atoms with van der Waals surface area (Å²) in [6.45, 7) is 4.07. The van der Waals surface area contributed by atoms with Crippen LogP contribution >= 0.6 is 0 Å². The lowest BCUT2D eigenvalue weighted by Gasteiger charge is -2.34. The Hall–Kier alpha value is -3.12. The first-order valence-electron chi connectivity index (χ1n) is 9.39. The van der Waals surface area contributed by atoms with Crippen LogP contribution in [0.1, 0.15) is 16.1 Å². The van der Waals surface area contributed by atoms with Gasteiger partial charge in [-0.25, -0.2) is 9.78 Å². The second-order valence-electron chi connectivity index (χ2n) is 7.05. The number of piperazine rings is 1. The zero-order chi connectivity index (χ0) is 19.5. The Labute approximate surface area is 164 Å². The molecule has 1 aromatic heterocycles. The summed E-state index contributed by atoms with van der Waals surface area (Å²) in [5.41, 5.74) is 2.66. The van der Waals surface area contributed by atoms with Gasteiger partial charge in [0.25, 0.3) is 0 Å². The molecule has 1 aliphatic rings. The number of rotatable bonds is 5. The van der Waals surface area contributed by atoms with E-state index in [-0.39, 0.29) is 5.69 Å². The van der Waals surface area contributed by atoms with E-state index in [9.17, 15) is 9.90 Å². The molecule has 3 aromatic rings. The van der Waals surface area contributed by atoms with Crippen molar-refractivity contribution >= 4 is 22.6 Å². The Kier molecular flexibility index (Phi) is 5.12. The van der Waals surface area contributed by atoms with E-state index in [1.807, 2.05) is 48.5 Å². The number of carbonyl (C=O) groups is 1. The first-order chi connectivity index (χ1) is 13.6. The van der Waals surface area contributed by atoms with Gasteiger partial charge in [0.05, 0.1) is 11.2 Å². The van der Waals surface area contributed by atoms with Gasteiger partial charge in [-0.1, -0.05) is 36.4 Å². The highest BCUT2D eigenvalue weighted by atomic mass is 16.5. The van der Waals surface area contributed by atoms with Crippen LogP contribution in [0, 0.1) is 0 Å². The molecule has 0 radical (unpaired) electrons. The molecule has 0 atom stereocenters. The standard InChI is InChI=1S/C22H23N3O3/c1-24-10-12-25(13-11-24)19-9-5-8-17-20(14-18(22(26)27)23-21(17)19)28-15-16-6-3-2-4-7-16/h2-9,14H,10-13,15H2,1H3,(H,26,27). The third-order valence-corrected chi connectivity index (χ3v) is 5.08. The molecule has 6 nitrogen and oxygen atoms in total. The fourth-order valence-electron chi connectivity index (χ4n) is 3.47. The molecular weight excluding hydrogens is 354 g/mol. The van der Waals surface area contributed by atoms with Crippen LogP contribution in [0.15, 0.2) is 54.6 Å². The minimum Gasteiger partial charge on any atom is -0.488 e. The number of nitrogens with zero attached hydrogens (tertiary/aromatic N) is 3. The number of aromatic nitrogens is 1. The number of likely N-dealkylation sites (N-methyl/N-ethyl adjacent to an activating group) is 1. The lowest BCUT2D eigenvalue weighted by Crippen LogP contribution is -2.44. The minimum absolute atomic E-state index is 0.00265. The summed E-state index contributed by atoms with van der Waals surface area (Å²) >= 11 is 0. The molecule has 2 aromatic carbocycles. The summed E-state index contributed by atoms with van der Waals surface area (Å²) in [5, 5.41) is 10.4. The van der Waals surface area contributed by atoms with Crippen molar-refractivity contribution in [2.45, 2.75) is 6.61 Å². The average Bonchev–Trinajstić information content (AvgIpc) is 2.72. The van der Waals surface area contributed by atoms with Crippen LogP contribution in [-0.2, 0) is 6.61 Å². The van der Waals surface area contributed by atoms with Crippen molar-refractivity contribution in [1.82, 2.24) is 9.88 Å². The van der Waals surface area contributed by atoms with E-state index in [4.69, 9.17) is 4.74 Å². The first kappa shape index (κ1) is 18.3. The number of pyridine rings is 1. The monoisotopic (exact) mass is 377 g/mol. The zero-order valence-corrected chi connectivity index (χ0v) is 15.8. The second-order valence-corrected chi connectivity index (χ2v) is 7.05. The van der Waals surface area contributed by atoms with Crippen LogP contribution in [0.2, 0.25) is 0 Å². The van der Waals surface area contributed by atoms with Gasteiger partial charge in [-0.2, -0.15) is 0 Å². The van der Waals surface area contributed by atoms with E-state index >= 15 is 0 Å². The number of hydrogen-bond acceptors (Lipinski definition) is 5. The Balaban J connectivity index is 1.74. The number of carboxylic acid groups (broad SMARTS) is 1. The summed E-state index contributed by atoms with van der Waals surface area (Å²) in [6.07, 6.45) is 0. The van der Waals surface area contributed by atoms with Crippen LogP contribution in [0.3, 0.4) is 0 Å². The van der Waals surface area contributed by atoms with Gasteiger partial charge >= 0.3 is 5.97 Å². The fraction of sp³-hybridized carbons (Fsp3) is 0.273. The van der Waals surface area contributed by atoms with Crippen LogP contribution in [0.4, 0.5) is 5.69 Å². The number of fused-ring (bicyclic) bond motifs is 1. The van der Waals surface area contributed by atoms with Crippen LogP contribution in [0.25, 0.3) is 10.9 Å². The van der Waals surface area contributed by atoms with Crippen molar-refractivity contribution in [2.24, 2.45) is 0 Å². The van der Waals surface area contributed by atoms with E-state index in [2.05, 4.69) is 21.8 Å². The minimum atomic E-state index is -1.06. The van der Waals surface area contributed by atoms with Gasteiger partial charge in [0.1, 0.15) is 12.4 Å². The lowest BCUT2D eigenvalue weighted by molar-refractivity contribution is 0.0690. The van der Waals surface area contributed by atoms with Crippen LogP contribution < -0.4 is 9.64 Å². The van der Waals surface area contributed by atoms with Crippen molar-refractivity contribution in [3.63, 3.8) is 0 Å². The van der Waals surface area contributed by atoms with Gasteiger partial charge in [0.15, 0.2) is 5.69 Å². The number of ether oxygens (including phenoxy) is 1. The summed E-state index contributed by atoms with van der Waals surface area (Å²) in [6, 6.07) is 17.3. The Morgan fingerprint density at radius 3 is 2.54 bits per heavy atom. The van der Waals surface area contributed by atoms with E-state index < -0.39 is 5.97 Å². The molecular formula is C22H23N3O3. The third kappa shape index (κ3) is 3.77. The smallest absolute Gasteiger partial charge is 0.354 e. The number of para-hydroxylation sites is 1. The van der Waals surface area contributed by atoms with Gasteiger partial charge in [0.2, 0.25) is 0 Å². The maximum Gasteiger partial charge on any atom is 0.354 e. The van der Waals surface area contributed by atoms with Gasteiger partial charge in [0, 0.05) is 37.6 Å². The van der Waals surface area contributed by atoms with Gasteiger partial charge in [-0.05, 0) is 24.7 Å². The maximum absolute atomic E-state index is 11.7. The number of carboxylic acids is 1. The molecule has 1 saturated heterocycles. The van der Waals surface area contributed by atoms with Crippen molar-refractivity contribution < 1.29 is 14.6 Å². The predicted octanol–water partition coefficient (Wildman–Crippen LogP) is 3.26. The second kappa shape index (κ2) is 7.86. The molecule has 1 N–H and O–H groups in total. The SMILES string of the molecule is CN1CCN(c2cccc3c(OCc4ccccc4)cc(C(=O)O)nc23)CC1. The molecule has 0 unspecified atom stereocenters. The average molecular weight is 377 g/mol. The van der Waals surface area contributed by atoms with Gasteiger partial charge in [-0.3, -0.25) is 0 Å². The topological polar surface area (TPSA) is 65.9 Å². The van der Waals surface area contributed by atoms with Crippen LogP contribution in [-0.4, -0.2) is 54.2 Å². The summed E-state index contributed by atoms with van der Waals surface area (Å²) in [7, 11) is 2.11. The Morgan fingerprint density at radius 2 is 1.82 bits per heavy atom. The fourth-order valence-corrected chi connectivity index (χ4v) is 3.47. The molecule has 0 saturated carbocycles. The maximum atomic E-state index is 11.7. The lowest BCUT2D eigenvalue weighted by atomic mass is 10.1. The molecule has 0 bridgehead atoms. The number of hydrogen-bond donors (Lipinski definition) is 1. The van der Waals surface area contributed by atoms with Crippen LogP contribution in [0.5, 0.6) is 5.75 Å². The summed E-state index contributed by atoms with van der Waals surface area (Å²) < 4.78 is 6.03. The van der Waals surface area contributed by atoms with Crippen molar-refractivity contribution in [3.8, 4) is 5.75 Å². The summed E-state index contributed by atoms with van der Waals surface area (Å²) in [4.78, 5) is 20.7. The molecule has 1 aliphatic heterocycles. The highest BCUT2D eigenvalue weighted by Crippen LogP contribution is 2.33. The molecule has 0 aliphatic carbocycles. The molecule has 0 spiro atoms. The third-order valence-electron chi connectivity index (χ3n) is 5.08. The molecule has 0 amide bonds. The normalized spacial score (nSPS) is 15.0. The highest BCUT2D eigenvalue weighted by Gasteiger charge is 2.20. The first-order valence-corrected chi connectivity index (χ1v) is 9.39. The van der Waals surface area contributed by atoms with E-state index in [1.54, 1.807) is 0 Å². The molecule has 1 fully saturated rings. The Morgan fingerprint density at radius 1 is 1.07 bits per heavy atom. The molecule has 2 heterocycles. The quantitative estimate of drug-likeness (QED) is 0.736. The molecule has 28 heavy (non-hydrogen) atoms. The molecule has 4 rings (SSSR count). The van der Waals surface area contributed by atoms with Gasteiger partial charge < -0.3 is 19.6 Å². The number of benzene rings is 2. The van der Waals surface area contributed by atoms with E-state index in [0.717, 1.165) is 42.8 Å². The van der Waals surface area contributed by atoms with Crippen molar-refractivity contribution in [1.29, 1.82) is 0 Å². The molecule has 144 valence electrons. The van der Waals surface area contributed by atoms with Crippen molar-refractivity contribution in [2.75, 3.05) is 38.1 Å². The van der Waals surface area contributed by atoms with E-state index in [0.29, 0.717) is 17.9 Å². The highest BCUT2D eigenvalue weighted by molar-refractivity contribution is 5.98. The number of anilines is 1. The summed E-state index contributed by atoms with van der Waals surface area (Å²) in [5.74, 6) is -0.512. The van der Waals surface area contributed by atoms with Crippen molar-refractivity contribution in [3.05, 3.63) is 65.9 Å².